The quantitative estimate of drug-likeness (QED) is 0.733. The van der Waals surface area contributed by atoms with Crippen LogP contribution in [0.1, 0.15) is 37.2 Å². The van der Waals surface area contributed by atoms with Gasteiger partial charge in [-0.05, 0) is 43.7 Å². The lowest BCUT2D eigenvalue weighted by atomic mass is 9.93. The smallest absolute Gasteiger partial charge is 0.0524 e. The van der Waals surface area contributed by atoms with Crippen molar-refractivity contribution in [1.82, 2.24) is 14.7 Å². The molecule has 3 heteroatoms. The van der Waals surface area contributed by atoms with E-state index in [0.29, 0.717) is 0 Å². The third kappa shape index (κ3) is 1.93. The summed E-state index contributed by atoms with van der Waals surface area (Å²) >= 11 is 0. The summed E-state index contributed by atoms with van der Waals surface area (Å²) in [6.45, 7) is 2.58. The zero-order chi connectivity index (χ0) is 10.3. The second kappa shape index (κ2) is 3.63. The van der Waals surface area contributed by atoms with Gasteiger partial charge >= 0.3 is 0 Å². The molecule has 1 saturated heterocycles. The van der Waals surface area contributed by atoms with Crippen molar-refractivity contribution in [2.75, 3.05) is 13.1 Å². The Kier molecular flexibility index (Phi) is 2.28. The molecule has 1 aromatic heterocycles. The summed E-state index contributed by atoms with van der Waals surface area (Å²) < 4.78 is 1.92. The van der Waals surface area contributed by atoms with Crippen LogP contribution in [0.25, 0.3) is 0 Å². The fourth-order valence-corrected chi connectivity index (χ4v) is 2.70. The van der Waals surface area contributed by atoms with E-state index < -0.39 is 0 Å². The van der Waals surface area contributed by atoms with Gasteiger partial charge in [0.25, 0.3) is 0 Å². The molecule has 0 bridgehead atoms. The van der Waals surface area contributed by atoms with Crippen molar-refractivity contribution in [3.05, 3.63) is 18.0 Å². The van der Waals surface area contributed by atoms with E-state index in [0.717, 1.165) is 12.0 Å². The first-order chi connectivity index (χ1) is 7.33. The van der Waals surface area contributed by atoms with Gasteiger partial charge in [-0.25, -0.2) is 0 Å². The van der Waals surface area contributed by atoms with E-state index in [-0.39, 0.29) is 0 Å². The van der Waals surface area contributed by atoms with E-state index in [1.165, 1.54) is 44.3 Å². The Morgan fingerprint density at radius 2 is 2.20 bits per heavy atom. The molecule has 15 heavy (non-hydrogen) atoms. The van der Waals surface area contributed by atoms with Gasteiger partial charge in [-0.3, -0.25) is 9.58 Å². The number of nitrogens with zero attached hydrogens (tertiary/aromatic N) is 3. The van der Waals surface area contributed by atoms with Gasteiger partial charge in [-0.1, -0.05) is 0 Å². The summed E-state index contributed by atoms with van der Waals surface area (Å²) in [6.07, 6.45) is 9.78. The Morgan fingerprint density at radius 1 is 1.33 bits per heavy atom. The van der Waals surface area contributed by atoms with Crippen LogP contribution in [0.4, 0.5) is 0 Å². The first-order valence-corrected chi connectivity index (χ1v) is 6.05. The zero-order valence-electron chi connectivity index (χ0n) is 9.39. The Hall–Kier alpha value is -0.830. The van der Waals surface area contributed by atoms with Crippen molar-refractivity contribution in [3.8, 4) is 0 Å². The molecule has 1 saturated carbocycles. The summed E-state index contributed by atoms with van der Waals surface area (Å²) in [5, 5.41) is 4.28. The monoisotopic (exact) mass is 205 g/mol. The van der Waals surface area contributed by atoms with Gasteiger partial charge in [0.1, 0.15) is 0 Å². The fourth-order valence-electron chi connectivity index (χ4n) is 2.70. The molecule has 1 atom stereocenters. The molecule has 2 fully saturated rings. The number of aromatic nitrogens is 2. The second-order valence-corrected chi connectivity index (χ2v) is 5.01. The van der Waals surface area contributed by atoms with Crippen molar-refractivity contribution < 1.29 is 0 Å². The van der Waals surface area contributed by atoms with Crippen LogP contribution in [-0.2, 0) is 7.05 Å². The lowest BCUT2D eigenvalue weighted by molar-refractivity contribution is 0.199. The predicted octanol–water partition coefficient (Wildman–Crippen LogP) is 1.76. The molecule has 2 heterocycles. The number of aryl methyl sites for hydroxylation is 1. The Labute approximate surface area is 91.1 Å². The molecule has 0 spiro atoms. The van der Waals surface area contributed by atoms with Crippen LogP contribution < -0.4 is 0 Å². The minimum atomic E-state index is 0.730. The van der Waals surface area contributed by atoms with E-state index in [1.54, 1.807) is 0 Å². The third-order valence-electron chi connectivity index (χ3n) is 3.71. The molecule has 3 nitrogen and oxygen atoms in total. The SMILES string of the molecule is Cn1cc(C2CCCN(C3CC3)C2)cn1. The van der Waals surface area contributed by atoms with Gasteiger partial charge in [0.05, 0.1) is 6.20 Å². The molecule has 3 rings (SSSR count). The van der Waals surface area contributed by atoms with Crippen LogP contribution in [0, 0.1) is 0 Å². The van der Waals surface area contributed by atoms with E-state index in [1.807, 2.05) is 17.9 Å². The molecule has 1 aliphatic heterocycles. The van der Waals surface area contributed by atoms with Crippen LogP contribution in [0.2, 0.25) is 0 Å². The average molecular weight is 205 g/mol. The molecule has 2 aliphatic rings. The number of likely N-dealkylation sites (tertiary alicyclic amines) is 1. The van der Waals surface area contributed by atoms with Gasteiger partial charge < -0.3 is 0 Å². The predicted molar refractivity (Wildman–Crippen MR) is 59.8 cm³/mol. The van der Waals surface area contributed by atoms with E-state index in [9.17, 15) is 0 Å². The topological polar surface area (TPSA) is 21.1 Å². The maximum Gasteiger partial charge on any atom is 0.0524 e. The van der Waals surface area contributed by atoms with Crippen molar-refractivity contribution in [3.63, 3.8) is 0 Å². The molecular weight excluding hydrogens is 186 g/mol. The van der Waals surface area contributed by atoms with Crippen LogP contribution in [0.15, 0.2) is 12.4 Å². The largest absolute Gasteiger partial charge is 0.300 e. The summed E-state index contributed by atoms with van der Waals surface area (Å²) in [6, 6.07) is 0.921. The highest BCUT2D eigenvalue weighted by Gasteiger charge is 2.33. The van der Waals surface area contributed by atoms with Crippen LogP contribution in [0.3, 0.4) is 0 Å². The minimum absolute atomic E-state index is 0.730. The molecule has 0 amide bonds. The molecule has 1 aliphatic carbocycles. The number of rotatable bonds is 2. The minimum Gasteiger partial charge on any atom is -0.300 e. The number of piperidine rings is 1. The highest BCUT2D eigenvalue weighted by Crippen LogP contribution is 2.34. The van der Waals surface area contributed by atoms with Crippen LogP contribution in [-0.4, -0.2) is 33.8 Å². The summed E-state index contributed by atoms with van der Waals surface area (Å²) in [5.41, 5.74) is 1.43. The number of hydrogen-bond donors (Lipinski definition) is 0. The highest BCUT2D eigenvalue weighted by molar-refractivity contribution is 5.13. The average Bonchev–Trinajstić information content (AvgIpc) is 3.02. The summed E-state index contributed by atoms with van der Waals surface area (Å²) in [4.78, 5) is 2.68. The maximum absolute atomic E-state index is 4.28. The highest BCUT2D eigenvalue weighted by atomic mass is 15.2. The molecule has 1 unspecified atom stereocenters. The van der Waals surface area contributed by atoms with Crippen LogP contribution >= 0.6 is 0 Å². The Morgan fingerprint density at radius 3 is 2.87 bits per heavy atom. The van der Waals surface area contributed by atoms with E-state index >= 15 is 0 Å². The second-order valence-electron chi connectivity index (χ2n) is 5.01. The fraction of sp³-hybridized carbons (Fsp3) is 0.750. The molecule has 0 aromatic carbocycles. The lowest BCUT2D eigenvalue weighted by Gasteiger charge is -2.32. The van der Waals surface area contributed by atoms with Crippen molar-refractivity contribution in [2.24, 2.45) is 7.05 Å². The Bertz CT molecular complexity index is 340. The molecular formula is C12H19N3. The van der Waals surface area contributed by atoms with E-state index in [2.05, 4.69) is 16.2 Å². The zero-order valence-corrected chi connectivity index (χ0v) is 9.39. The van der Waals surface area contributed by atoms with Gasteiger partial charge in [-0.2, -0.15) is 5.10 Å². The van der Waals surface area contributed by atoms with Crippen molar-refractivity contribution >= 4 is 0 Å². The van der Waals surface area contributed by atoms with Crippen molar-refractivity contribution in [1.29, 1.82) is 0 Å². The number of hydrogen-bond acceptors (Lipinski definition) is 2. The van der Waals surface area contributed by atoms with Crippen molar-refractivity contribution in [2.45, 2.75) is 37.6 Å². The summed E-state index contributed by atoms with van der Waals surface area (Å²) in [5.74, 6) is 0.730. The van der Waals surface area contributed by atoms with Crippen LogP contribution in [0.5, 0.6) is 0 Å². The maximum atomic E-state index is 4.28. The van der Waals surface area contributed by atoms with Gasteiger partial charge in [-0.15, -0.1) is 0 Å². The molecule has 0 N–H and O–H groups in total. The first kappa shape index (κ1) is 9.40. The van der Waals surface area contributed by atoms with E-state index in [4.69, 9.17) is 0 Å². The normalized spacial score (nSPS) is 28.2. The van der Waals surface area contributed by atoms with Gasteiger partial charge in [0, 0.05) is 25.8 Å². The van der Waals surface area contributed by atoms with Gasteiger partial charge in [0.2, 0.25) is 0 Å². The molecule has 82 valence electrons. The lowest BCUT2D eigenvalue weighted by Crippen LogP contribution is -2.35. The standard InChI is InChI=1S/C12H19N3/c1-14-8-11(7-13-14)10-3-2-6-15(9-10)12-4-5-12/h7-8,10,12H,2-6,9H2,1H3. The van der Waals surface area contributed by atoms with Gasteiger partial charge in [0.15, 0.2) is 0 Å². The first-order valence-electron chi connectivity index (χ1n) is 6.05. The molecule has 0 radical (unpaired) electrons. The Balaban J connectivity index is 1.70. The third-order valence-corrected chi connectivity index (χ3v) is 3.71. The summed E-state index contributed by atoms with van der Waals surface area (Å²) in [7, 11) is 2.00. The molecule has 1 aromatic rings.